The number of rotatable bonds is 3. The fourth-order valence-electron chi connectivity index (χ4n) is 3.74. The van der Waals surface area contributed by atoms with E-state index in [2.05, 4.69) is 9.88 Å². The van der Waals surface area contributed by atoms with E-state index >= 15 is 0 Å². The topological polar surface area (TPSA) is 62.5 Å². The minimum absolute atomic E-state index is 0.102. The van der Waals surface area contributed by atoms with Gasteiger partial charge in [-0.25, -0.2) is 14.4 Å². The fourth-order valence-corrected chi connectivity index (χ4v) is 3.91. The fraction of sp³-hybridized carbons (Fsp3) is 0.174. The average molecular weight is 437 g/mol. The van der Waals surface area contributed by atoms with Crippen molar-refractivity contribution < 1.29 is 13.6 Å². The van der Waals surface area contributed by atoms with Crippen molar-refractivity contribution in [3.63, 3.8) is 0 Å². The highest BCUT2D eigenvalue weighted by molar-refractivity contribution is 6.31. The van der Waals surface area contributed by atoms with Crippen LogP contribution in [0.5, 0.6) is 0 Å². The summed E-state index contributed by atoms with van der Waals surface area (Å²) in [6.07, 6.45) is 1.58. The van der Waals surface area contributed by atoms with E-state index in [1.54, 1.807) is 17.2 Å². The zero-order chi connectivity index (χ0) is 21.4. The predicted molar refractivity (Wildman–Crippen MR) is 117 cm³/mol. The molecule has 0 bridgehead atoms. The molecular formula is C23H18ClFN4O2. The van der Waals surface area contributed by atoms with Crippen molar-refractivity contribution in [1.29, 1.82) is 0 Å². The highest BCUT2D eigenvalue weighted by Gasteiger charge is 2.25. The Balaban J connectivity index is 1.42. The molecule has 3 heterocycles. The van der Waals surface area contributed by atoms with Crippen LogP contribution in [-0.2, 0) is 0 Å². The number of hydrogen-bond acceptors (Lipinski definition) is 5. The monoisotopic (exact) mass is 436 g/mol. The molecule has 31 heavy (non-hydrogen) atoms. The average Bonchev–Trinajstić information content (AvgIpc) is 3.33. The number of halogens is 2. The molecule has 4 aromatic rings. The summed E-state index contributed by atoms with van der Waals surface area (Å²) in [6, 6.07) is 14.8. The number of benzene rings is 2. The minimum Gasteiger partial charge on any atom is -0.461 e. The molecule has 1 aliphatic rings. The van der Waals surface area contributed by atoms with Crippen molar-refractivity contribution in [1.82, 2.24) is 14.9 Å². The summed E-state index contributed by atoms with van der Waals surface area (Å²) in [6.45, 7) is 2.29. The van der Waals surface area contributed by atoms with Gasteiger partial charge in [-0.3, -0.25) is 4.79 Å². The number of carbonyl (C=O) groups excluding carboxylic acids is 1. The van der Waals surface area contributed by atoms with Gasteiger partial charge in [0.25, 0.3) is 5.91 Å². The van der Waals surface area contributed by atoms with Crippen LogP contribution < -0.4 is 4.90 Å². The molecule has 156 valence electrons. The lowest BCUT2D eigenvalue weighted by atomic mass is 10.1. The first kappa shape index (κ1) is 19.5. The molecule has 5 rings (SSSR count). The van der Waals surface area contributed by atoms with Crippen LogP contribution >= 0.6 is 11.6 Å². The number of aromatic nitrogens is 2. The maximum atomic E-state index is 13.2. The molecule has 6 nitrogen and oxygen atoms in total. The van der Waals surface area contributed by atoms with Crippen molar-refractivity contribution in [2.45, 2.75) is 0 Å². The molecule has 0 unspecified atom stereocenters. The smallest absolute Gasteiger partial charge is 0.253 e. The number of amides is 1. The van der Waals surface area contributed by atoms with E-state index in [9.17, 15) is 9.18 Å². The maximum Gasteiger partial charge on any atom is 0.253 e. The first-order valence-corrected chi connectivity index (χ1v) is 10.3. The van der Waals surface area contributed by atoms with Crippen LogP contribution in [-0.4, -0.2) is 47.0 Å². The molecule has 0 atom stereocenters. The Hall–Kier alpha value is -3.45. The molecule has 8 heteroatoms. The maximum absolute atomic E-state index is 13.2. The van der Waals surface area contributed by atoms with E-state index in [0.29, 0.717) is 48.3 Å². The predicted octanol–water partition coefficient (Wildman–Crippen LogP) is 4.64. The van der Waals surface area contributed by atoms with E-state index in [-0.39, 0.29) is 11.7 Å². The van der Waals surface area contributed by atoms with Crippen molar-refractivity contribution in [3.05, 3.63) is 77.3 Å². The summed E-state index contributed by atoms with van der Waals surface area (Å²) in [5.74, 6) is 1.38. The van der Waals surface area contributed by atoms with E-state index in [0.717, 1.165) is 16.7 Å². The van der Waals surface area contributed by atoms with Gasteiger partial charge in [0.2, 0.25) is 0 Å². The lowest BCUT2D eigenvalue weighted by Gasteiger charge is -2.36. The van der Waals surface area contributed by atoms with Gasteiger partial charge in [-0.2, -0.15) is 0 Å². The van der Waals surface area contributed by atoms with Gasteiger partial charge >= 0.3 is 0 Å². The SMILES string of the molecule is O=C(c1ccc(F)cc1)N1CCN(c2nc(-c3ccco3)nc3cc(Cl)ccc23)CC1. The third-order valence-corrected chi connectivity index (χ3v) is 5.57. The Kier molecular flexibility index (Phi) is 5.03. The van der Waals surface area contributed by atoms with Gasteiger partial charge < -0.3 is 14.2 Å². The molecule has 1 aliphatic heterocycles. The molecule has 1 fully saturated rings. The third kappa shape index (κ3) is 3.84. The summed E-state index contributed by atoms with van der Waals surface area (Å²) in [5, 5.41) is 1.48. The normalized spacial score (nSPS) is 14.3. The van der Waals surface area contributed by atoms with E-state index < -0.39 is 0 Å². The third-order valence-electron chi connectivity index (χ3n) is 5.34. The molecule has 2 aromatic heterocycles. The summed E-state index contributed by atoms with van der Waals surface area (Å²) in [4.78, 5) is 26.0. The molecule has 1 amide bonds. The van der Waals surface area contributed by atoms with Crippen molar-refractivity contribution >= 4 is 34.2 Å². The highest BCUT2D eigenvalue weighted by atomic mass is 35.5. The molecular weight excluding hydrogens is 419 g/mol. The number of anilines is 1. The van der Waals surface area contributed by atoms with Gasteiger partial charge in [-0.05, 0) is 54.6 Å². The van der Waals surface area contributed by atoms with Crippen LogP contribution in [0.3, 0.4) is 0 Å². The second-order valence-corrected chi connectivity index (χ2v) is 7.73. The van der Waals surface area contributed by atoms with Crippen LogP contribution in [0.25, 0.3) is 22.5 Å². The number of furan rings is 1. The Morgan fingerprint density at radius 2 is 1.77 bits per heavy atom. The second-order valence-electron chi connectivity index (χ2n) is 7.30. The number of carbonyl (C=O) groups is 1. The number of nitrogens with zero attached hydrogens (tertiary/aromatic N) is 4. The summed E-state index contributed by atoms with van der Waals surface area (Å²) >= 11 is 6.19. The summed E-state index contributed by atoms with van der Waals surface area (Å²) in [5.41, 5.74) is 1.21. The molecule has 0 aliphatic carbocycles. The molecule has 0 spiro atoms. The Morgan fingerprint density at radius 3 is 2.48 bits per heavy atom. The van der Waals surface area contributed by atoms with E-state index in [1.807, 2.05) is 24.3 Å². The van der Waals surface area contributed by atoms with Crippen LogP contribution in [0.1, 0.15) is 10.4 Å². The minimum atomic E-state index is -0.357. The van der Waals surface area contributed by atoms with Gasteiger partial charge in [-0.1, -0.05) is 11.6 Å². The van der Waals surface area contributed by atoms with Gasteiger partial charge in [0.15, 0.2) is 11.6 Å². The lowest BCUT2D eigenvalue weighted by Crippen LogP contribution is -2.49. The second kappa shape index (κ2) is 8.00. The van der Waals surface area contributed by atoms with Gasteiger partial charge in [0.05, 0.1) is 11.8 Å². The number of piperazine rings is 1. The summed E-state index contributed by atoms with van der Waals surface area (Å²) in [7, 11) is 0. The van der Waals surface area contributed by atoms with E-state index in [4.69, 9.17) is 21.0 Å². The van der Waals surface area contributed by atoms with Gasteiger partial charge in [0.1, 0.15) is 11.6 Å². The highest BCUT2D eigenvalue weighted by Crippen LogP contribution is 2.30. The largest absolute Gasteiger partial charge is 0.461 e. The molecule has 0 radical (unpaired) electrons. The number of fused-ring (bicyclic) bond motifs is 1. The van der Waals surface area contributed by atoms with Crippen molar-refractivity contribution in [2.24, 2.45) is 0 Å². The molecule has 1 saturated heterocycles. The standard InChI is InChI=1S/C23H18ClFN4O2/c24-16-5-8-18-19(14-16)26-21(20-2-1-13-31-20)27-22(18)28-9-11-29(12-10-28)23(30)15-3-6-17(25)7-4-15/h1-8,13-14H,9-12H2. The summed E-state index contributed by atoms with van der Waals surface area (Å²) < 4.78 is 18.7. The quantitative estimate of drug-likeness (QED) is 0.468. The van der Waals surface area contributed by atoms with Gasteiger partial charge in [0, 0.05) is 42.2 Å². The zero-order valence-corrected chi connectivity index (χ0v) is 17.2. The van der Waals surface area contributed by atoms with Crippen LogP contribution in [0.4, 0.5) is 10.2 Å². The Morgan fingerprint density at radius 1 is 1.00 bits per heavy atom. The van der Waals surface area contributed by atoms with Crippen molar-refractivity contribution in [2.75, 3.05) is 31.1 Å². The Bertz CT molecular complexity index is 1240. The first-order chi connectivity index (χ1) is 15.1. The number of hydrogen-bond donors (Lipinski definition) is 0. The van der Waals surface area contributed by atoms with Gasteiger partial charge in [-0.15, -0.1) is 0 Å². The van der Waals surface area contributed by atoms with Crippen LogP contribution in [0.2, 0.25) is 5.02 Å². The first-order valence-electron chi connectivity index (χ1n) is 9.89. The van der Waals surface area contributed by atoms with E-state index in [1.165, 1.54) is 24.3 Å². The lowest BCUT2D eigenvalue weighted by molar-refractivity contribution is 0.0746. The van der Waals surface area contributed by atoms with Crippen LogP contribution in [0.15, 0.2) is 65.3 Å². The Labute approximate surface area is 182 Å². The molecule has 2 aromatic carbocycles. The van der Waals surface area contributed by atoms with Crippen LogP contribution in [0, 0.1) is 5.82 Å². The molecule has 0 N–H and O–H groups in total. The zero-order valence-electron chi connectivity index (χ0n) is 16.5. The molecule has 0 saturated carbocycles. The van der Waals surface area contributed by atoms with Crippen molar-refractivity contribution in [3.8, 4) is 11.6 Å².